The van der Waals surface area contributed by atoms with Gasteiger partial charge in [0.15, 0.2) is 5.56 Å². The van der Waals surface area contributed by atoms with Crippen LogP contribution in [0, 0.1) is 16.7 Å². The summed E-state index contributed by atoms with van der Waals surface area (Å²) in [6, 6.07) is 3.49. The Kier molecular flexibility index (Phi) is 2.06. The van der Waals surface area contributed by atoms with Crippen molar-refractivity contribution < 1.29 is 0 Å². The lowest BCUT2D eigenvalue weighted by atomic mass is 10.4. The normalized spacial score (nSPS) is 9.20. The molecule has 0 bridgehead atoms. The summed E-state index contributed by atoms with van der Waals surface area (Å²) in [5, 5.41) is 21.3. The van der Waals surface area contributed by atoms with Crippen LogP contribution in [0.3, 0.4) is 0 Å². The van der Waals surface area contributed by atoms with E-state index in [0.29, 0.717) is 0 Å². The first-order valence-corrected chi connectivity index (χ1v) is 3.97. The molecule has 0 unspecified atom stereocenters. The van der Waals surface area contributed by atoms with Crippen LogP contribution in [0.15, 0.2) is 24.7 Å². The number of nitriles is 1. The molecule has 0 aliphatic carbocycles. The predicted octanol–water partition coefficient (Wildman–Crippen LogP) is 1.02. The second-order valence-corrected chi connectivity index (χ2v) is 2.55. The second-order valence-electron chi connectivity index (χ2n) is 2.55. The third-order valence-electron chi connectivity index (χ3n) is 1.70. The smallest absolute Gasteiger partial charge is 0.198 e. The third kappa shape index (κ3) is 1.38. The van der Waals surface area contributed by atoms with Gasteiger partial charge < -0.3 is 0 Å². The first kappa shape index (κ1) is 8.78. The maximum atomic E-state index is 8.74. The SMILES string of the molecule is N#Cc1cnn(-c2ncccn2)c1[N+]#N. The van der Waals surface area contributed by atoms with Crippen molar-refractivity contribution in [1.29, 1.82) is 10.7 Å². The Labute approximate surface area is 84.3 Å². The van der Waals surface area contributed by atoms with Gasteiger partial charge >= 0.3 is 11.8 Å². The minimum atomic E-state index is 0.0173. The van der Waals surface area contributed by atoms with E-state index in [1.165, 1.54) is 23.3 Å². The fourth-order valence-electron chi connectivity index (χ4n) is 1.06. The quantitative estimate of drug-likeness (QED) is 0.637. The van der Waals surface area contributed by atoms with E-state index < -0.39 is 0 Å². The van der Waals surface area contributed by atoms with Gasteiger partial charge in [0.2, 0.25) is 0 Å². The first-order valence-electron chi connectivity index (χ1n) is 3.97. The van der Waals surface area contributed by atoms with Crippen molar-refractivity contribution in [2.24, 2.45) is 0 Å². The van der Waals surface area contributed by atoms with Crippen molar-refractivity contribution in [3.63, 3.8) is 0 Å². The van der Waals surface area contributed by atoms with Crippen LogP contribution in [-0.2, 0) is 0 Å². The molecule has 0 spiro atoms. The van der Waals surface area contributed by atoms with E-state index in [4.69, 9.17) is 10.7 Å². The average Bonchev–Trinajstić information content (AvgIpc) is 2.72. The van der Waals surface area contributed by atoms with Crippen LogP contribution in [-0.4, -0.2) is 19.7 Å². The lowest BCUT2D eigenvalue weighted by molar-refractivity contribution is 0.819. The van der Waals surface area contributed by atoms with Gasteiger partial charge in [-0.15, -0.1) is 0 Å². The van der Waals surface area contributed by atoms with Crippen molar-refractivity contribution in [3.8, 4) is 12.0 Å². The highest BCUT2D eigenvalue weighted by molar-refractivity contribution is 5.54. The summed E-state index contributed by atoms with van der Waals surface area (Å²) >= 11 is 0. The molecule has 7 nitrogen and oxygen atoms in total. The van der Waals surface area contributed by atoms with E-state index in [1.54, 1.807) is 6.07 Å². The Morgan fingerprint density at radius 1 is 1.33 bits per heavy atom. The van der Waals surface area contributed by atoms with Crippen molar-refractivity contribution >= 4 is 5.82 Å². The molecule has 0 saturated carbocycles. The minimum Gasteiger partial charge on any atom is -0.198 e. The molecule has 2 aromatic heterocycles. The highest BCUT2D eigenvalue weighted by Gasteiger charge is 2.25. The Hall–Kier alpha value is -2.80. The summed E-state index contributed by atoms with van der Waals surface area (Å²) < 4.78 is 1.18. The highest BCUT2D eigenvalue weighted by Crippen LogP contribution is 2.19. The molecule has 0 saturated heterocycles. The minimum absolute atomic E-state index is 0.0173. The molecule has 0 aliphatic rings. The molecule has 0 radical (unpaired) electrons. The van der Waals surface area contributed by atoms with E-state index in [-0.39, 0.29) is 17.3 Å². The molecule has 0 N–H and O–H groups in total. The molecule has 2 rings (SSSR count). The summed E-state index contributed by atoms with van der Waals surface area (Å²) in [6.45, 7) is 0. The predicted molar refractivity (Wildman–Crippen MR) is 48.6 cm³/mol. The number of aromatic nitrogens is 4. The molecular weight excluding hydrogens is 194 g/mol. The number of rotatable bonds is 1. The Morgan fingerprint density at radius 3 is 2.67 bits per heavy atom. The van der Waals surface area contributed by atoms with Crippen molar-refractivity contribution in [3.05, 3.63) is 35.2 Å². The van der Waals surface area contributed by atoms with E-state index in [2.05, 4.69) is 20.0 Å². The number of hydrogen-bond donors (Lipinski definition) is 0. The summed E-state index contributed by atoms with van der Waals surface area (Å²) in [5.41, 5.74) is 0.157. The maximum absolute atomic E-state index is 8.74. The molecular formula is C8H4N7+. The Morgan fingerprint density at radius 2 is 2.07 bits per heavy atom. The van der Waals surface area contributed by atoms with Crippen LogP contribution < -0.4 is 0 Å². The summed E-state index contributed by atoms with van der Waals surface area (Å²) in [4.78, 5) is 10.8. The molecule has 0 amide bonds. The van der Waals surface area contributed by atoms with E-state index in [0.717, 1.165) is 0 Å². The lowest BCUT2D eigenvalue weighted by Crippen LogP contribution is -2.00. The number of diazo groups is 1. The standard InChI is InChI=1S/C8H4N7/c9-4-6-5-13-15(7(6)14-10)8-11-2-1-3-12-8/h1-3,5H/q+1. The van der Waals surface area contributed by atoms with Gasteiger partial charge in [-0.05, 0) is 10.7 Å². The summed E-state index contributed by atoms with van der Waals surface area (Å²) in [7, 11) is 0. The van der Waals surface area contributed by atoms with E-state index >= 15 is 0 Å². The van der Waals surface area contributed by atoms with Crippen LogP contribution >= 0.6 is 0 Å². The zero-order valence-corrected chi connectivity index (χ0v) is 7.44. The Bertz CT molecular complexity index is 557. The Balaban J connectivity index is 2.62. The third-order valence-corrected chi connectivity index (χ3v) is 1.70. The second kappa shape index (κ2) is 3.52. The topological polar surface area (TPSA) is 95.5 Å². The molecule has 0 aliphatic heterocycles. The molecule has 0 fully saturated rings. The zero-order valence-electron chi connectivity index (χ0n) is 7.44. The molecule has 70 valence electrons. The van der Waals surface area contributed by atoms with Crippen molar-refractivity contribution in [2.45, 2.75) is 0 Å². The van der Waals surface area contributed by atoms with Crippen LogP contribution in [0.1, 0.15) is 5.56 Å². The van der Waals surface area contributed by atoms with Crippen LogP contribution in [0.5, 0.6) is 0 Å². The zero-order chi connectivity index (χ0) is 10.7. The van der Waals surface area contributed by atoms with Gasteiger partial charge in [-0.1, -0.05) is 5.10 Å². The molecule has 15 heavy (non-hydrogen) atoms. The fourth-order valence-corrected chi connectivity index (χ4v) is 1.06. The number of nitrogens with zero attached hydrogens (tertiary/aromatic N) is 7. The monoisotopic (exact) mass is 198 g/mol. The largest absolute Gasteiger partial charge is 0.472 e. The van der Waals surface area contributed by atoms with Crippen molar-refractivity contribution in [2.75, 3.05) is 0 Å². The average molecular weight is 198 g/mol. The summed E-state index contributed by atoms with van der Waals surface area (Å²) in [6.07, 6.45) is 4.33. The molecule has 2 heterocycles. The van der Waals surface area contributed by atoms with Gasteiger partial charge in [-0.3, -0.25) is 0 Å². The van der Waals surface area contributed by atoms with Gasteiger partial charge in [0.05, 0.1) is 11.6 Å². The van der Waals surface area contributed by atoms with Gasteiger partial charge in [0, 0.05) is 17.4 Å². The molecule has 2 aromatic rings. The molecule has 0 aromatic carbocycles. The van der Waals surface area contributed by atoms with E-state index in [1.807, 2.05) is 6.07 Å². The van der Waals surface area contributed by atoms with Gasteiger partial charge in [-0.25, -0.2) is 0 Å². The fraction of sp³-hybridized carbons (Fsp3) is 0. The van der Waals surface area contributed by atoms with Crippen LogP contribution in [0.4, 0.5) is 5.82 Å². The molecule has 7 heteroatoms. The van der Waals surface area contributed by atoms with Gasteiger partial charge in [0.25, 0.3) is 0 Å². The van der Waals surface area contributed by atoms with Crippen molar-refractivity contribution in [1.82, 2.24) is 19.7 Å². The first-order chi connectivity index (χ1) is 7.36. The maximum Gasteiger partial charge on any atom is 0.472 e. The van der Waals surface area contributed by atoms with Gasteiger partial charge in [0.1, 0.15) is 6.07 Å². The van der Waals surface area contributed by atoms with Crippen LogP contribution in [0.25, 0.3) is 10.9 Å². The highest BCUT2D eigenvalue weighted by atomic mass is 15.4. The summed E-state index contributed by atoms with van der Waals surface area (Å²) in [5.74, 6) is 0.260. The number of hydrogen-bond acceptors (Lipinski definition) is 5. The molecule has 0 atom stereocenters. The lowest BCUT2D eigenvalue weighted by Gasteiger charge is -1.88. The van der Waals surface area contributed by atoms with Crippen LogP contribution in [0.2, 0.25) is 0 Å². The van der Waals surface area contributed by atoms with E-state index in [9.17, 15) is 0 Å². The van der Waals surface area contributed by atoms with Gasteiger partial charge in [-0.2, -0.15) is 15.2 Å².